The number of rotatable bonds is 6. The Morgan fingerprint density at radius 1 is 1.15 bits per heavy atom. The third-order valence-electron chi connectivity index (χ3n) is 7.48. The molecule has 1 saturated heterocycles. The van der Waals surface area contributed by atoms with E-state index in [1.54, 1.807) is 24.3 Å². The summed E-state index contributed by atoms with van der Waals surface area (Å²) in [7, 11) is 0. The highest BCUT2D eigenvalue weighted by atomic mass is 19.1. The van der Waals surface area contributed by atoms with Crippen LogP contribution in [-0.2, 0) is 4.79 Å². The van der Waals surface area contributed by atoms with E-state index in [1.165, 1.54) is 24.5 Å². The second kappa shape index (κ2) is 9.73. The van der Waals surface area contributed by atoms with Gasteiger partial charge in [-0.3, -0.25) is 4.79 Å². The van der Waals surface area contributed by atoms with Gasteiger partial charge in [-0.2, -0.15) is 5.10 Å². The van der Waals surface area contributed by atoms with Crippen LogP contribution in [-0.4, -0.2) is 54.4 Å². The van der Waals surface area contributed by atoms with Crippen LogP contribution in [0.3, 0.4) is 0 Å². The van der Waals surface area contributed by atoms with E-state index in [4.69, 9.17) is 20.7 Å². The first-order valence-electron chi connectivity index (χ1n) is 12.7. The third kappa shape index (κ3) is 4.59. The smallest absolute Gasteiger partial charge is 0.246 e. The fourth-order valence-electron chi connectivity index (χ4n) is 5.31. The van der Waals surface area contributed by atoms with Gasteiger partial charge in [0, 0.05) is 29.8 Å². The molecule has 2 aliphatic rings. The Morgan fingerprint density at radius 2 is 1.95 bits per heavy atom. The standard InChI is InChI=1S/C28H26F2N6O3/c29-18-5-8-22(21(30)14-18)39-20-6-3-17(4-7-20)25-24-26(31)32-16-33-27(24)36(34-25)19-9-10-28(11-12-28)35(15-19)23(38)2-1-13-37/h1-8,14,16,19,37H,9-13,15H2,(H2,31,32,33)/b2-1+. The van der Waals surface area contributed by atoms with Crippen LogP contribution in [0.15, 0.2) is 60.9 Å². The fraction of sp³-hybridized carbons (Fsp3) is 0.286. The van der Waals surface area contributed by atoms with Crippen LogP contribution in [0.5, 0.6) is 11.5 Å². The average molecular weight is 533 g/mol. The maximum Gasteiger partial charge on any atom is 0.246 e. The molecule has 9 nitrogen and oxygen atoms in total. The number of hydrogen-bond donors (Lipinski definition) is 2. The number of nitrogens with zero attached hydrogens (tertiary/aromatic N) is 5. The van der Waals surface area contributed by atoms with Crippen molar-refractivity contribution in [3.05, 3.63) is 72.6 Å². The van der Waals surface area contributed by atoms with Crippen molar-refractivity contribution < 1.29 is 23.4 Å². The molecule has 1 unspecified atom stereocenters. The SMILES string of the molecule is Nc1ncnc2c1c(-c1ccc(Oc3ccc(F)cc3F)cc1)nn2C1CCC2(CC2)N(C(=O)/C=C/CO)C1. The number of anilines is 1. The van der Waals surface area contributed by atoms with Crippen molar-refractivity contribution in [1.29, 1.82) is 0 Å². The molecule has 4 aromatic rings. The van der Waals surface area contributed by atoms with Crippen LogP contribution >= 0.6 is 0 Å². The molecule has 2 aromatic heterocycles. The molecule has 2 aromatic carbocycles. The number of nitrogen functional groups attached to an aromatic ring is 1. The monoisotopic (exact) mass is 532 g/mol. The van der Waals surface area contributed by atoms with Crippen molar-refractivity contribution >= 4 is 22.8 Å². The first-order valence-corrected chi connectivity index (χ1v) is 12.7. The predicted octanol–water partition coefficient (Wildman–Crippen LogP) is 4.39. The van der Waals surface area contributed by atoms with Gasteiger partial charge in [0.2, 0.25) is 5.91 Å². The van der Waals surface area contributed by atoms with E-state index >= 15 is 0 Å². The summed E-state index contributed by atoms with van der Waals surface area (Å²) in [4.78, 5) is 23.5. The minimum absolute atomic E-state index is 0.0878. The highest BCUT2D eigenvalue weighted by Crippen LogP contribution is 2.50. The summed E-state index contributed by atoms with van der Waals surface area (Å²) in [6.07, 6.45) is 7.88. The van der Waals surface area contributed by atoms with Crippen LogP contribution in [0, 0.1) is 11.6 Å². The lowest BCUT2D eigenvalue weighted by atomic mass is 9.96. The number of carbonyl (C=O) groups is 1. The summed E-state index contributed by atoms with van der Waals surface area (Å²) in [5.41, 5.74) is 8.03. The maximum absolute atomic E-state index is 14.0. The second-order valence-corrected chi connectivity index (χ2v) is 9.90. The Morgan fingerprint density at radius 3 is 2.67 bits per heavy atom. The van der Waals surface area contributed by atoms with E-state index in [0.29, 0.717) is 29.0 Å². The van der Waals surface area contributed by atoms with Gasteiger partial charge in [-0.1, -0.05) is 6.08 Å². The van der Waals surface area contributed by atoms with Crippen molar-refractivity contribution in [2.75, 3.05) is 18.9 Å². The molecule has 2 fully saturated rings. The first-order chi connectivity index (χ1) is 18.9. The normalized spacial score (nSPS) is 18.2. The van der Waals surface area contributed by atoms with Gasteiger partial charge in [-0.25, -0.2) is 23.4 Å². The Balaban J connectivity index is 1.32. The highest BCUT2D eigenvalue weighted by Gasteiger charge is 2.52. The van der Waals surface area contributed by atoms with Gasteiger partial charge >= 0.3 is 0 Å². The summed E-state index contributed by atoms with van der Waals surface area (Å²) in [6.45, 7) is 0.271. The van der Waals surface area contributed by atoms with Gasteiger partial charge in [0.1, 0.15) is 29.4 Å². The molecule has 1 aliphatic carbocycles. The molecule has 0 radical (unpaired) electrons. The van der Waals surface area contributed by atoms with Gasteiger partial charge < -0.3 is 20.5 Å². The second-order valence-electron chi connectivity index (χ2n) is 9.90. The number of nitrogens with two attached hydrogens (primary N) is 1. The van der Waals surface area contributed by atoms with Gasteiger partial charge in [-0.05, 0) is 62.1 Å². The summed E-state index contributed by atoms with van der Waals surface area (Å²) >= 11 is 0. The Kier molecular flexibility index (Phi) is 6.22. The number of likely N-dealkylation sites (tertiary alicyclic amines) is 1. The van der Waals surface area contributed by atoms with E-state index in [9.17, 15) is 13.6 Å². The highest BCUT2D eigenvalue weighted by molar-refractivity contribution is 5.98. The number of aromatic nitrogens is 4. The van der Waals surface area contributed by atoms with E-state index in [0.717, 1.165) is 43.4 Å². The van der Waals surface area contributed by atoms with Gasteiger partial charge in [0.25, 0.3) is 0 Å². The number of aliphatic hydroxyl groups is 1. The molecular formula is C28H26F2N6O3. The van der Waals surface area contributed by atoms with E-state index < -0.39 is 11.6 Å². The quantitative estimate of drug-likeness (QED) is 0.354. The molecule has 39 heavy (non-hydrogen) atoms. The van der Waals surface area contributed by atoms with Crippen molar-refractivity contribution in [1.82, 2.24) is 24.6 Å². The molecule has 11 heteroatoms. The molecule has 6 rings (SSSR count). The molecule has 1 atom stereocenters. The average Bonchev–Trinajstić information content (AvgIpc) is 3.59. The molecule has 1 spiro atoms. The van der Waals surface area contributed by atoms with Crippen LogP contribution < -0.4 is 10.5 Å². The van der Waals surface area contributed by atoms with E-state index in [2.05, 4.69) is 9.97 Å². The number of halogens is 2. The molecule has 3 N–H and O–H groups in total. The zero-order valence-corrected chi connectivity index (χ0v) is 20.9. The lowest BCUT2D eigenvalue weighted by Crippen LogP contribution is -2.48. The molecular weight excluding hydrogens is 506 g/mol. The van der Waals surface area contributed by atoms with Gasteiger partial charge in [-0.15, -0.1) is 0 Å². The maximum atomic E-state index is 14.0. The Labute approximate surface area is 222 Å². The van der Waals surface area contributed by atoms with Gasteiger partial charge in [0.15, 0.2) is 17.2 Å². The zero-order chi connectivity index (χ0) is 27.1. The Bertz CT molecular complexity index is 1580. The number of ether oxygens (including phenoxy) is 1. The molecule has 0 bridgehead atoms. The van der Waals surface area contributed by atoms with Crippen molar-refractivity contribution in [2.45, 2.75) is 37.3 Å². The van der Waals surface area contributed by atoms with Crippen molar-refractivity contribution in [3.8, 4) is 22.8 Å². The van der Waals surface area contributed by atoms with Crippen LogP contribution in [0.1, 0.15) is 31.7 Å². The summed E-state index contributed by atoms with van der Waals surface area (Å²) < 4.78 is 34.6. The molecule has 1 amide bonds. The topological polar surface area (TPSA) is 119 Å². The first kappa shape index (κ1) is 24.9. The third-order valence-corrected chi connectivity index (χ3v) is 7.48. The predicted molar refractivity (Wildman–Crippen MR) is 140 cm³/mol. The number of benzene rings is 2. The number of carbonyl (C=O) groups excluding carboxylic acids is 1. The largest absolute Gasteiger partial charge is 0.454 e. The van der Waals surface area contributed by atoms with Gasteiger partial charge in [0.05, 0.1) is 18.0 Å². The van der Waals surface area contributed by atoms with E-state index in [-0.39, 0.29) is 35.7 Å². The lowest BCUT2D eigenvalue weighted by Gasteiger charge is -2.40. The fourth-order valence-corrected chi connectivity index (χ4v) is 5.31. The summed E-state index contributed by atoms with van der Waals surface area (Å²) in [6, 6.07) is 9.85. The number of amides is 1. The number of hydrogen-bond acceptors (Lipinski definition) is 7. The molecule has 1 aliphatic heterocycles. The van der Waals surface area contributed by atoms with Crippen LogP contribution in [0.2, 0.25) is 0 Å². The molecule has 3 heterocycles. The van der Waals surface area contributed by atoms with Crippen LogP contribution in [0.25, 0.3) is 22.3 Å². The minimum Gasteiger partial charge on any atom is -0.454 e. The summed E-state index contributed by atoms with van der Waals surface area (Å²) in [5.74, 6) is -1.04. The number of piperidine rings is 1. The zero-order valence-electron chi connectivity index (χ0n) is 20.9. The van der Waals surface area contributed by atoms with Crippen LogP contribution in [0.4, 0.5) is 14.6 Å². The minimum atomic E-state index is -0.798. The van der Waals surface area contributed by atoms with E-state index in [1.807, 2.05) is 9.58 Å². The molecule has 200 valence electrons. The van der Waals surface area contributed by atoms with Crippen molar-refractivity contribution in [2.24, 2.45) is 0 Å². The lowest BCUT2D eigenvalue weighted by molar-refractivity contribution is -0.131. The molecule has 1 saturated carbocycles. The Hall–Kier alpha value is -4.38. The number of fused-ring (bicyclic) bond motifs is 1. The van der Waals surface area contributed by atoms with Crippen molar-refractivity contribution in [3.63, 3.8) is 0 Å². The number of aliphatic hydroxyl groups excluding tert-OH is 1. The summed E-state index contributed by atoms with van der Waals surface area (Å²) in [5, 5.41) is 14.6.